The van der Waals surface area contributed by atoms with Crippen molar-refractivity contribution in [2.45, 2.75) is 25.4 Å². The Kier molecular flexibility index (Phi) is 6.01. The molecule has 1 aliphatic rings. The summed E-state index contributed by atoms with van der Waals surface area (Å²) in [5.74, 6) is -1.06. The average Bonchev–Trinajstić information content (AvgIpc) is 3.34. The van der Waals surface area contributed by atoms with Gasteiger partial charge in [-0.15, -0.1) is 0 Å². The van der Waals surface area contributed by atoms with Gasteiger partial charge in [0.25, 0.3) is 5.91 Å². The van der Waals surface area contributed by atoms with Crippen LogP contribution in [-0.2, 0) is 9.53 Å². The Labute approximate surface area is 150 Å². The summed E-state index contributed by atoms with van der Waals surface area (Å²) in [7, 11) is 0. The van der Waals surface area contributed by atoms with Crippen molar-refractivity contribution in [1.29, 1.82) is 0 Å². The number of carbonyl (C=O) groups excluding carboxylic acids is 2. The maximum absolute atomic E-state index is 13.6. The van der Waals surface area contributed by atoms with E-state index in [2.05, 4.69) is 5.32 Å². The normalized spacial score (nSPS) is 16.4. The Balaban J connectivity index is 1.60. The summed E-state index contributed by atoms with van der Waals surface area (Å²) in [5, 5.41) is 2.53. The van der Waals surface area contributed by atoms with Crippen LogP contribution in [0.5, 0.6) is 0 Å². The molecule has 138 valence electrons. The number of rotatable bonds is 7. The molecule has 0 spiro atoms. The molecule has 6 nitrogen and oxygen atoms in total. The lowest BCUT2D eigenvalue weighted by Crippen LogP contribution is -2.39. The Bertz CT molecular complexity index is 742. The standard InChI is InChI=1S/C19H21FN2O4/c20-16-5-1-2-6-17(16)21-18(23)7-9-22(12-15-4-3-10-26-15)19(24)14-8-11-25-13-14/h1-2,5-6,8,11,13,15H,3-4,7,9-10,12H2,(H,21,23). The molecule has 1 aromatic heterocycles. The smallest absolute Gasteiger partial charge is 0.257 e. The minimum Gasteiger partial charge on any atom is -0.472 e. The first-order valence-corrected chi connectivity index (χ1v) is 8.61. The molecular weight excluding hydrogens is 339 g/mol. The lowest BCUT2D eigenvalue weighted by Gasteiger charge is -2.25. The van der Waals surface area contributed by atoms with Crippen molar-refractivity contribution in [3.8, 4) is 0 Å². The van der Waals surface area contributed by atoms with E-state index in [-0.39, 0.29) is 36.6 Å². The summed E-state index contributed by atoms with van der Waals surface area (Å²) in [5.41, 5.74) is 0.557. The summed E-state index contributed by atoms with van der Waals surface area (Å²) in [4.78, 5) is 26.4. The summed E-state index contributed by atoms with van der Waals surface area (Å²) >= 11 is 0. The number of furan rings is 1. The number of nitrogens with one attached hydrogen (secondary N) is 1. The monoisotopic (exact) mass is 360 g/mol. The highest BCUT2D eigenvalue weighted by atomic mass is 19.1. The third kappa shape index (κ3) is 4.70. The van der Waals surface area contributed by atoms with E-state index < -0.39 is 5.82 Å². The molecule has 26 heavy (non-hydrogen) atoms. The van der Waals surface area contributed by atoms with E-state index in [0.29, 0.717) is 18.7 Å². The molecule has 0 aliphatic carbocycles. The van der Waals surface area contributed by atoms with Crippen LogP contribution in [0.25, 0.3) is 0 Å². The molecule has 1 N–H and O–H groups in total. The van der Waals surface area contributed by atoms with Crippen molar-refractivity contribution in [3.63, 3.8) is 0 Å². The molecule has 3 rings (SSSR count). The van der Waals surface area contributed by atoms with E-state index in [9.17, 15) is 14.0 Å². The number of amides is 2. The molecule has 1 aliphatic heterocycles. The first kappa shape index (κ1) is 18.1. The zero-order chi connectivity index (χ0) is 18.4. The Morgan fingerprint density at radius 2 is 2.12 bits per heavy atom. The van der Waals surface area contributed by atoms with Gasteiger partial charge in [0.15, 0.2) is 0 Å². The van der Waals surface area contributed by atoms with E-state index in [4.69, 9.17) is 9.15 Å². The SMILES string of the molecule is O=C(CCN(CC1CCCO1)C(=O)c1ccoc1)Nc1ccccc1F. The summed E-state index contributed by atoms with van der Waals surface area (Å²) in [6.45, 7) is 1.31. The minimum atomic E-state index is -0.494. The lowest BCUT2D eigenvalue weighted by atomic mass is 10.2. The largest absolute Gasteiger partial charge is 0.472 e. The molecule has 7 heteroatoms. The van der Waals surface area contributed by atoms with Crippen molar-refractivity contribution in [1.82, 2.24) is 4.90 Å². The number of para-hydroxylation sites is 1. The Morgan fingerprint density at radius 1 is 1.27 bits per heavy atom. The number of ether oxygens (including phenoxy) is 1. The van der Waals surface area contributed by atoms with Gasteiger partial charge in [-0.25, -0.2) is 4.39 Å². The second-order valence-electron chi connectivity index (χ2n) is 6.18. The highest BCUT2D eigenvalue weighted by Gasteiger charge is 2.24. The third-order valence-electron chi connectivity index (χ3n) is 4.26. The zero-order valence-electron chi connectivity index (χ0n) is 14.3. The van der Waals surface area contributed by atoms with Crippen LogP contribution in [0.2, 0.25) is 0 Å². The number of nitrogens with zero attached hydrogens (tertiary/aromatic N) is 1. The van der Waals surface area contributed by atoms with Crippen LogP contribution in [-0.4, -0.2) is 42.5 Å². The fourth-order valence-corrected chi connectivity index (χ4v) is 2.89. The highest BCUT2D eigenvalue weighted by Crippen LogP contribution is 2.16. The number of carbonyl (C=O) groups is 2. The molecule has 1 aromatic carbocycles. The van der Waals surface area contributed by atoms with Gasteiger partial charge in [-0.1, -0.05) is 12.1 Å². The number of anilines is 1. The van der Waals surface area contributed by atoms with Crippen molar-refractivity contribution in [2.24, 2.45) is 0 Å². The number of halogens is 1. The molecule has 0 radical (unpaired) electrons. The summed E-state index contributed by atoms with van der Waals surface area (Å²) in [6.07, 6.45) is 4.69. The number of hydrogen-bond acceptors (Lipinski definition) is 4. The van der Waals surface area contributed by atoms with E-state index >= 15 is 0 Å². The van der Waals surface area contributed by atoms with Gasteiger partial charge in [0.05, 0.1) is 23.6 Å². The van der Waals surface area contributed by atoms with Crippen molar-refractivity contribution < 1.29 is 23.1 Å². The van der Waals surface area contributed by atoms with Crippen LogP contribution < -0.4 is 5.32 Å². The van der Waals surface area contributed by atoms with Gasteiger partial charge in [-0.05, 0) is 31.0 Å². The molecule has 1 fully saturated rings. The summed E-state index contributed by atoms with van der Waals surface area (Å²) in [6, 6.07) is 7.56. The summed E-state index contributed by atoms with van der Waals surface area (Å²) < 4.78 is 24.2. The van der Waals surface area contributed by atoms with Crippen molar-refractivity contribution >= 4 is 17.5 Å². The fraction of sp³-hybridized carbons (Fsp3) is 0.368. The van der Waals surface area contributed by atoms with Crippen LogP contribution >= 0.6 is 0 Å². The van der Waals surface area contributed by atoms with E-state index in [1.807, 2.05) is 0 Å². The maximum atomic E-state index is 13.6. The molecule has 2 amide bonds. The fourth-order valence-electron chi connectivity index (χ4n) is 2.89. The molecule has 2 aromatic rings. The molecule has 0 bridgehead atoms. The first-order valence-electron chi connectivity index (χ1n) is 8.61. The number of benzene rings is 1. The van der Waals surface area contributed by atoms with Crippen LogP contribution in [0, 0.1) is 5.82 Å². The molecule has 1 unspecified atom stereocenters. The number of hydrogen-bond donors (Lipinski definition) is 1. The van der Waals surface area contributed by atoms with Gasteiger partial charge in [0, 0.05) is 26.1 Å². The van der Waals surface area contributed by atoms with Crippen LogP contribution in [0.3, 0.4) is 0 Å². The average molecular weight is 360 g/mol. The van der Waals surface area contributed by atoms with E-state index in [1.165, 1.54) is 24.7 Å². The minimum absolute atomic E-state index is 0.0273. The topological polar surface area (TPSA) is 71.8 Å². The molecule has 1 saturated heterocycles. The van der Waals surface area contributed by atoms with Crippen molar-refractivity contribution in [2.75, 3.05) is 25.0 Å². The van der Waals surface area contributed by atoms with Gasteiger partial charge in [-0.3, -0.25) is 9.59 Å². The van der Waals surface area contributed by atoms with Gasteiger partial charge in [0.1, 0.15) is 12.1 Å². The quantitative estimate of drug-likeness (QED) is 0.824. The Hall–Kier alpha value is -2.67. The second-order valence-corrected chi connectivity index (χ2v) is 6.18. The van der Waals surface area contributed by atoms with Gasteiger partial charge in [0.2, 0.25) is 5.91 Å². The molecule has 2 heterocycles. The second kappa shape index (κ2) is 8.62. The van der Waals surface area contributed by atoms with Gasteiger partial charge < -0.3 is 19.4 Å². The Morgan fingerprint density at radius 3 is 2.81 bits per heavy atom. The van der Waals surface area contributed by atoms with Gasteiger partial charge >= 0.3 is 0 Å². The van der Waals surface area contributed by atoms with Crippen LogP contribution in [0.4, 0.5) is 10.1 Å². The van der Waals surface area contributed by atoms with Crippen LogP contribution in [0.1, 0.15) is 29.6 Å². The highest BCUT2D eigenvalue weighted by molar-refractivity contribution is 5.95. The predicted molar refractivity (Wildman–Crippen MR) is 93.2 cm³/mol. The molecule has 0 saturated carbocycles. The third-order valence-corrected chi connectivity index (χ3v) is 4.26. The van der Waals surface area contributed by atoms with E-state index in [0.717, 1.165) is 12.8 Å². The lowest BCUT2D eigenvalue weighted by molar-refractivity contribution is -0.116. The molecule has 1 atom stereocenters. The van der Waals surface area contributed by atoms with Crippen LogP contribution in [0.15, 0.2) is 47.3 Å². The van der Waals surface area contributed by atoms with Gasteiger partial charge in [-0.2, -0.15) is 0 Å². The molecular formula is C19H21FN2O4. The van der Waals surface area contributed by atoms with Crippen molar-refractivity contribution in [3.05, 3.63) is 54.2 Å². The maximum Gasteiger partial charge on any atom is 0.257 e. The first-order chi connectivity index (χ1) is 12.6. The van der Waals surface area contributed by atoms with E-state index in [1.54, 1.807) is 23.1 Å². The predicted octanol–water partition coefficient (Wildman–Crippen LogP) is 3.07. The zero-order valence-corrected chi connectivity index (χ0v) is 14.3.